The van der Waals surface area contributed by atoms with Crippen LogP contribution in [0.1, 0.15) is 16.1 Å². The highest BCUT2D eigenvalue weighted by Gasteiger charge is 2.11. The standard InChI is InChI=1S/C14H12F2N2O3/c15-11-4-3-9(6-12(11)16)14(20)18-8-13(19)17-7-10-2-1-5-21-10/h1-6H,7-8H2,(H,17,19)(H,18,20). The van der Waals surface area contributed by atoms with Crippen LogP contribution in [0.25, 0.3) is 0 Å². The molecule has 1 aromatic heterocycles. The summed E-state index contributed by atoms with van der Waals surface area (Å²) in [5.74, 6) is -2.67. The number of carbonyl (C=O) groups excluding carboxylic acids is 2. The van der Waals surface area contributed by atoms with Crippen LogP contribution in [0, 0.1) is 11.6 Å². The molecule has 7 heteroatoms. The maximum Gasteiger partial charge on any atom is 0.251 e. The largest absolute Gasteiger partial charge is 0.467 e. The van der Waals surface area contributed by atoms with Crippen molar-refractivity contribution in [3.63, 3.8) is 0 Å². The van der Waals surface area contributed by atoms with Crippen molar-refractivity contribution in [1.82, 2.24) is 10.6 Å². The van der Waals surface area contributed by atoms with Gasteiger partial charge in [-0.3, -0.25) is 9.59 Å². The minimum atomic E-state index is -1.12. The highest BCUT2D eigenvalue weighted by molar-refractivity contribution is 5.96. The number of rotatable bonds is 5. The summed E-state index contributed by atoms with van der Waals surface area (Å²) in [7, 11) is 0. The van der Waals surface area contributed by atoms with E-state index in [0.29, 0.717) is 5.76 Å². The Morgan fingerprint density at radius 1 is 1.10 bits per heavy atom. The van der Waals surface area contributed by atoms with Crippen LogP contribution in [0.15, 0.2) is 41.0 Å². The Hall–Kier alpha value is -2.70. The lowest BCUT2D eigenvalue weighted by molar-refractivity contribution is -0.120. The van der Waals surface area contributed by atoms with Crippen LogP contribution in [0.2, 0.25) is 0 Å². The molecule has 0 aliphatic carbocycles. The Bertz CT molecular complexity index is 642. The maximum absolute atomic E-state index is 13.0. The normalized spacial score (nSPS) is 10.2. The van der Waals surface area contributed by atoms with Crippen molar-refractivity contribution in [3.8, 4) is 0 Å². The van der Waals surface area contributed by atoms with Gasteiger partial charge in [-0.15, -0.1) is 0 Å². The van der Waals surface area contributed by atoms with Gasteiger partial charge < -0.3 is 15.1 Å². The van der Waals surface area contributed by atoms with Crippen molar-refractivity contribution in [2.24, 2.45) is 0 Å². The van der Waals surface area contributed by atoms with E-state index in [-0.39, 0.29) is 18.7 Å². The molecule has 0 bridgehead atoms. The summed E-state index contributed by atoms with van der Waals surface area (Å²) in [5.41, 5.74) is -0.0623. The monoisotopic (exact) mass is 294 g/mol. The number of amides is 2. The summed E-state index contributed by atoms with van der Waals surface area (Å²) in [6, 6.07) is 6.13. The first kappa shape index (κ1) is 14.7. The number of hydrogen-bond acceptors (Lipinski definition) is 3. The summed E-state index contributed by atoms with van der Waals surface area (Å²) < 4.78 is 30.7. The fraction of sp³-hybridized carbons (Fsp3) is 0.143. The van der Waals surface area contributed by atoms with Gasteiger partial charge in [0.1, 0.15) is 5.76 Å². The van der Waals surface area contributed by atoms with Crippen molar-refractivity contribution < 1.29 is 22.8 Å². The first-order chi connectivity index (χ1) is 10.1. The summed E-state index contributed by atoms with van der Waals surface area (Å²) in [6.45, 7) is -0.0780. The van der Waals surface area contributed by atoms with Crippen LogP contribution in [0.5, 0.6) is 0 Å². The second-order valence-corrected chi connectivity index (χ2v) is 4.17. The van der Waals surface area contributed by atoms with E-state index in [2.05, 4.69) is 10.6 Å². The maximum atomic E-state index is 13.0. The molecule has 0 saturated heterocycles. The topological polar surface area (TPSA) is 71.3 Å². The fourth-order valence-corrected chi connectivity index (χ4v) is 1.56. The van der Waals surface area contributed by atoms with Gasteiger partial charge in [0, 0.05) is 5.56 Å². The van der Waals surface area contributed by atoms with Crippen LogP contribution in [-0.4, -0.2) is 18.4 Å². The summed E-state index contributed by atoms with van der Waals surface area (Å²) in [4.78, 5) is 23.1. The average molecular weight is 294 g/mol. The number of halogens is 2. The molecule has 2 aromatic rings. The smallest absolute Gasteiger partial charge is 0.251 e. The molecule has 1 heterocycles. The third kappa shape index (κ3) is 4.13. The van der Waals surface area contributed by atoms with Crippen molar-refractivity contribution in [2.45, 2.75) is 6.54 Å². The molecule has 21 heavy (non-hydrogen) atoms. The van der Waals surface area contributed by atoms with E-state index in [1.807, 2.05) is 0 Å². The van der Waals surface area contributed by atoms with Gasteiger partial charge in [-0.1, -0.05) is 0 Å². The molecule has 2 rings (SSSR count). The third-order valence-electron chi connectivity index (χ3n) is 2.63. The Labute approximate surface area is 118 Å². The van der Waals surface area contributed by atoms with Gasteiger partial charge in [-0.25, -0.2) is 8.78 Å². The fourth-order valence-electron chi connectivity index (χ4n) is 1.56. The molecular formula is C14H12F2N2O3. The third-order valence-corrected chi connectivity index (χ3v) is 2.63. The predicted molar refractivity (Wildman–Crippen MR) is 69.2 cm³/mol. The molecule has 1 aromatic carbocycles. The SMILES string of the molecule is O=C(CNC(=O)c1ccc(F)c(F)c1)NCc1ccco1. The summed E-state index contributed by atoms with van der Waals surface area (Å²) in [5, 5.41) is 4.84. The number of carbonyl (C=O) groups is 2. The van der Waals surface area contributed by atoms with E-state index in [4.69, 9.17) is 4.42 Å². The minimum Gasteiger partial charge on any atom is -0.467 e. The van der Waals surface area contributed by atoms with Gasteiger partial charge >= 0.3 is 0 Å². The van der Waals surface area contributed by atoms with Gasteiger partial charge in [0.05, 0.1) is 19.4 Å². The Morgan fingerprint density at radius 2 is 1.90 bits per heavy atom. The van der Waals surface area contributed by atoms with E-state index < -0.39 is 23.4 Å². The predicted octanol–water partition coefficient (Wildman–Crippen LogP) is 1.60. The van der Waals surface area contributed by atoms with Gasteiger partial charge in [-0.05, 0) is 30.3 Å². The molecule has 0 unspecified atom stereocenters. The molecule has 0 spiro atoms. The zero-order chi connectivity index (χ0) is 15.2. The second kappa shape index (κ2) is 6.65. The highest BCUT2D eigenvalue weighted by atomic mass is 19.2. The van der Waals surface area contributed by atoms with Crippen LogP contribution in [0.3, 0.4) is 0 Å². The van der Waals surface area contributed by atoms with Crippen LogP contribution < -0.4 is 10.6 Å². The molecule has 0 aliphatic heterocycles. The highest BCUT2D eigenvalue weighted by Crippen LogP contribution is 2.08. The first-order valence-corrected chi connectivity index (χ1v) is 6.08. The van der Waals surface area contributed by atoms with E-state index >= 15 is 0 Å². The molecule has 2 amide bonds. The molecule has 2 N–H and O–H groups in total. The van der Waals surface area contributed by atoms with Crippen molar-refractivity contribution in [1.29, 1.82) is 0 Å². The molecule has 0 aliphatic rings. The Kier molecular flexibility index (Phi) is 4.65. The summed E-state index contributed by atoms with van der Waals surface area (Å²) >= 11 is 0. The van der Waals surface area contributed by atoms with Gasteiger partial charge in [-0.2, -0.15) is 0 Å². The number of hydrogen-bond donors (Lipinski definition) is 2. The molecule has 0 fully saturated rings. The van der Waals surface area contributed by atoms with Gasteiger partial charge in [0.15, 0.2) is 11.6 Å². The first-order valence-electron chi connectivity index (χ1n) is 6.08. The van der Waals surface area contributed by atoms with E-state index in [0.717, 1.165) is 18.2 Å². The van der Waals surface area contributed by atoms with Crippen molar-refractivity contribution in [3.05, 3.63) is 59.6 Å². The number of benzene rings is 1. The molecular weight excluding hydrogens is 282 g/mol. The Balaban J connectivity index is 1.80. The van der Waals surface area contributed by atoms with Gasteiger partial charge in [0.25, 0.3) is 5.91 Å². The number of nitrogens with one attached hydrogen (secondary N) is 2. The minimum absolute atomic E-state index is 0.0623. The zero-order valence-electron chi connectivity index (χ0n) is 10.9. The van der Waals surface area contributed by atoms with Crippen molar-refractivity contribution in [2.75, 3.05) is 6.54 Å². The van der Waals surface area contributed by atoms with Gasteiger partial charge in [0.2, 0.25) is 5.91 Å². The van der Waals surface area contributed by atoms with Crippen LogP contribution in [-0.2, 0) is 11.3 Å². The molecule has 0 radical (unpaired) electrons. The molecule has 5 nitrogen and oxygen atoms in total. The molecule has 0 atom stereocenters. The average Bonchev–Trinajstić information content (AvgIpc) is 2.98. The van der Waals surface area contributed by atoms with Crippen LogP contribution in [0.4, 0.5) is 8.78 Å². The van der Waals surface area contributed by atoms with E-state index in [1.54, 1.807) is 12.1 Å². The van der Waals surface area contributed by atoms with E-state index in [9.17, 15) is 18.4 Å². The molecule has 0 saturated carbocycles. The van der Waals surface area contributed by atoms with Crippen LogP contribution >= 0.6 is 0 Å². The molecule has 110 valence electrons. The second-order valence-electron chi connectivity index (χ2n) is 4.17. The lowest BCUT2D eigenvalue weighted by atomic mass is 10.2. The lowest BCUT2D eigenvalue weighted by Gasteiger charge is -2.06. The quantitative estimate of drug-likeness (QED) is 0.880. The Morgan fingerprint density at radius 3 is 2.57 bits per heavy atom. The summed E-state index contributed by atoms with van der Waals surface area (Å²) in [6.07, 6.45) is 1.48. The lowest BCUT2D eigenvalue weighted by Crippen LogP contribution is -2.36. The number of furan rings is 1. The zero-order valence-corrected chi connectivity index (χ0v) is 10.9. The van der Waals surface area contributed by atoms with E-state index in [1.165, 1.54) is 6.26 Å². The van der Waals surface area contributed by atoms with Crippen molar-refractivity contribution >= 4 is 11.8 Å².